The molecule has 0 N–H and O–H groups in total. The Kier molecular flexibility index (Phi) is 3.98. The molecule has 3 rings (SSSR count). The molecule has 2 aromatic rings. The Morgan fingerprint density at radius 1 is 1.35 bits per heavy atom. The highest BCUT2D eigenvalue weighted by atomic mass is 16.5. The van der Waals surface area contributed by atoms with Crippen molar-refractivity contribution in [3.63, 3.8) is 0 Å². The Bertz CT molecular complexity index is 539. The highest BCUT2D eigenvalue weighted by molar-refractivity contribution is 5.46. The van der Waals surface area contributed by atoms with Gasteiger partial charge in [0.25, 0.3) is 0 Å². The van der Waals surface area contributed by atoms with Crippen molar-refractivity contribution < 1.29 is 9.26 Å². The van der Waals surface area contributed by atoms with Crippen LogP contribution >= 0.6 is 0 Å². The molecule has 7 heteroatoms. The lowest BCUT2D eigenvalue weighted by Crippen LogP contribution is -2.39. The molecule has 0 bridgehead atoms. The normalized spacial score (nSPS) is 18.1. The van der Waals surface area contributed by atoms with Gasteiger partial charge in [-0.25, -0.2) is 0 Å². The third kappa shape index (κ3) is 2.68. The van der Waals surface area contributed by atoms with Gasteiger partial charge in [-0.3, -0.25) is 4.90 Å². The van der Waals surface area contributed by atoms with Crippen LogP contribution in [0.25, 0.3) is 11.5 Å². The first-order chi connectivity index (χ1) is 9.88. The van der Waals surface area contributed by atoms with Crippen LogP contribution in [-0.2, 0) is 4.74 Å². The summed E-state index contributed by atoms with van der Waals surface area (Å²) in [6.45, 7) is 5.40. The Hall–Kier alpha value is -1.86. The maximum absolute atomic E-state index is 5.41. The Balaban J connectivity index is 1.80. The molecule has 0 radical (unpaired) electrons. The Morgan fingerprint density at radius 2 is 2.20 bits per heavy atom. The van der Waals surface area contributed by atoms with Crippen LogP contribution in [0.3, 0.4) is 0 Å². The van der Waals surface area contributed by atoms with Crippen LogP contribution in [0.5, 0.6) is 0 Å². The lowest BCUT2D eigenvalue weighted by Gasteiger charge is -2.31. The molecule has 0 amide bonds. The molecular weight excluding hydrogens is 258 g/mol. The lowest BCUT2D eigenvalue weighted by molar-refractivity contribution is 0.00820. The summed E-state index contributed by atoms with van der Waals surface area (Å²) in [4.78, 5) is 6.78. The van der Waals surface area contributed by atoms with E-state index in [4.69, 9.17) is 9.26 Å². The van der Waals surface area contributed by atoms with Crippen molar-refractivity contribution in [1.82, 2.24) is 25.2 Å². The number of hydrogen-bond acceptors (Lipinski definition) is 7. The van der Waals surface area contributed by atoms with Crippen LogP contribution in [0.1, 0.15) is 25.3 Å². The molecule has 20 heavy (non-hydrogen) atoms. The first-order valence-corrected chi connectivity index (χ1v) is 6.82. The molecule has 0 aromatic carbocycles. The van der Waals surface area contributed by atoms with Crippen LogP contribution < -0.4 is 0 Å². The molecule has 2 aromatic heterocycles. The number of nitrogens with zero attached hydrogens (tertiary/aromatic N) is 5. The molecule has 1 aliphatic heterocycles. The van der Waals surface area contributed by atoms with Gasteiger partial charge >= 0.3 is 0 Å². The van der Waals surface area contributed by atoms with Crippen molar-refractivity contribution in [3.05, 3.63) is 24.2 Å². The van der Waals surface area contributed by atoms with E-state index in [9.17, 15) is 0 Å². The fraction of sp³-hybridized carbons (Fsp3) is 0.538. The molecule has 0 aliphatic carbocycles. The third-order valence-electron chi connectivity index (χ3n) is 3.40. The molecule has 106 valence electrons. The summed E-state index contributed by atoms with van der Waals surface area (Å²) in [5, 5.41) is 11.8. The van der Waals surface area contributed by atoms with E-state index in [2.05, 4.69) is 32.2 Å². The highest BCUT2D eigenvalue weighted by Gasteiger charge is 2.26. The van der Waals surface area contributed by atoms with Crippen LogP contribution in [0.2, 0.25) is 0 Å². The third-order valence-corrected chi connectivity index (χ3v) is 3.40. The second-order valence-corrected chi connectivity index (χ2v) is 4.64. The predicted molar refractivity (Wildman–Crippen MR) is 70.7 cm³/mol. The monoisotopic (exact) mass is 275 g/mol. The lowest BCUT2D eigenvalue weighted by atomic mass is 10.2. The zero-order valence-electron chi connectivity index (χ0n) is 11.4. The van der Waals surface area contributed by atoms with E-state index in [0.717, 1.165) is 32.7 Å². The summed E-state index contributed by atoms with van der Waals surface area (Å²) in [5.74, 6) is 1.12. The minimum atomic E-state index is 0.136. The van der Waals surface area contributed by atoms with Gasteiger partial charge in [-0.2, -0.15) is 10.1 Å². The Labute approximate surface area is 117 Å². The maximum atomic E-state index is 5.41. The van der Waals surface area contributed by atoms with Crippen molar-refractivity contribution >= 4 is 0 Å². The second-order valence-electron chi connectivity index (χ2n) is 4.64. The van der Waals surface area contributed by atoms with Gasteiger partial charge in [0, 0.05) is 19.3 Å². The SMILES string of the molecule is CC[C@H](c1nc(-c2cccnn2)no1)N1CCOCC1. The number of ether oxygens (including phenoxy) is 1. The van der Waals surface area contributed by atoms with E-state index in [1.807, 2.05) is 6.07 Å². The predicted octanol–water partition coefficient (Wildman–Crippen LogP) is 1.31. The zero-order chi connectivity index (χ0) is 13.8. The highest BCUT2D eigenvalue weighted by Crippen LogP contribution is 2.25. The molecular formula is C13H17N5O2. The molecule has 7 nitrogen and oxygen atoms in total. The van der Waals surface area contributed by atoms with Gasteiger partial charge in [0.2, 0.25) is 11.7 Å². The summed E-state index contributed by atoms with van der Waals surface area (Å²) in [7, 11) is 0. The topological polar surface area (TPSA) is 77.2 Å². The number of aromatic nitrogens is 4. The van der Waals surface area contributed by atoms with Crippen molar-refractivity contribution in [2.24, 2.45) is 0 Å². The number of hydrogen-bond donors (Lipinski definition) is 0. The van der Waals surface area contributed by atoms with E-state index < -0.39 is 0 Å². The largest absolute Gasteiger partial charge is 0.379 e. The van der Waals surface area contributed by atoms with Crippen LogP contribution in [-0.4, -0.2) is 51.5 Å². The minimum absolute atomic E-state index is 0.136. The van der Waals surface area contributed by atoms with Crippen LogP contribution in [0, 0.1) is 0 Å². The zero-order valence-corrected chi connectivity index (χ0v) is 11.4. The van der Waals surface area contributed by atoms with E-state index in [-0.39, 0.29) is 6.04 Å². The Morgan fingerprint density at radius 3 is 2.90 bits per heavy atom. The van der Waals surface area contributed by atoms with Gasteiger partial charge in [-0.15, -0.1) is 5.10 Å². The van der Waals surface area contributed by atoms with Crippen molar-refractivity contribution in [3.8, 4) is 11.5 Å². The molecule has 0 unspecified atom stereocenters. The molecule has 1 aliphatic rings. The van der Waals surface area contributed by atoms with Gasteiger partial charge in [-0.05, 0) is 18.6 Å². The number of morpholine rings is 1. The standard InChI is InChI=1S/C13H17N5O2/c1-2-11(18-6-8-19-9-7-18)13-15-12(17-20-13)10-4-3-5-14-16-10/h3-5,11H,2,6-9H2,1H3/t11-/m1/s1. The van der Waals surface area contributed by atoms with Gasteiger partial charge in [0.15, 0.2) is 0 Å². The summed E-state index contributed by atoms with van der Waals surface area (Å²) >= 11 is 0. The van der Waals surface area contributed by atoms with Crippen molar-refractivity contribution in [2.45, 2.75) is 19.4 Å². The molecule has 0 saturated carbocycles. The van der Waals surface area contributed by atoms with Crippen LogP contribution in [0.15, 0.2) is 22.9 Å². The van der Waals surface area contributed by atoms with E-state index in [0.29, 0.717) is 17.4 Å². The fourth-order valence-electron chi connectivity index (χ4n) is 2.37. The summed E-state index contributed by atoms with van der Waals surface area (Å²) in [6.07, 6.45) is 2.54. The molecule has 1 atom stereocenters. The van der Waals surface area contributed by atoms with Gasteiger partial charge < -0.3 is 9.26 Å². The average molecular weight is 275 g/mol. The van der Waals surface area contributed by atoms with E-state index >= 15 is 0 Å². The summed E-state index contributed by atoms with van der Waals surface area (Å²) in [6, 6.07) is 3.76. The molecule has 1 saturated heterocycles. The second kappa shape index (κ2) is 6.06. The summed E-state index contributed by atoms with van der Waals surface area (Å²) in [5.41, 5.74) is 0.624. The average Bonchev–Trinajstić information content (AvgIpc) is 3.00. The summed E-state index contributed by atoms with van der Waals surface area (Å²) < 4.78 is 10.8. The van der Waals surface area contributed by atoms with E-state index in [1.54, 1.807) is 12.3 Å². The molecule has 1 fully saturated rings. The first-order valence-electron chi connectivity index (χ1n) is 6.82. The maximum Gasteiger partial charge on any atom is 0.244 e. The molecule has 0 spiro atoms. The minimum Gasteiger partial charge on any atom is -0.379 e. The first kappa shape index (κ1) is 13.1. The quantitative estimate of drug-likeness (QED) is 0.832. The number of rotatable bonds is 4. The fourth-order valence-corrected chi connectivity index (χ4v) is 2.37. The van der Waals surface area contributed by atoms with Gasteiger partial charge in [-0.1, -0.05) is 12.1 Å². The smallest absolute Gasteiger partial charge is 0.244 e. The van der Waals surface area contributed by atoms with Gasteiger partial charge in [0.1, 0.15) is 5.69 Å². The van der Waals surface area contributed by atoms with E-state index in [1.165, 1.54) is 0 Å². The van der Waals surface area contributed by atoms with Crippen LogP contribution in [0.4, 0.5) is 0 Å². The molecule has 3 heterocycles. The van der Waals surface area contributed by atoms with Gasteiger partial charge in [0.05, 0.1) is 19.3 Å². The van der Waals surface area contributed by atoms with Crippen molar-refractivity contribution in [2.75, 3.05) is 26.3 Å². The van der Waals surface area contributed by atoms with Crippen molar-refractivity contribution in [1.29, 1.82) is 0 Å².